The van der Waals surface area contributed by atoms with Crippen LogP contribution in [0.15, 0.2) is 24.3 Å². The van der Waals surface area contributed by atoms with Gasteiger partial charge in [-0.1, -0.05) is 29.8 Å². The van der Waals surface area contributed by atoms with Gasteiger partial charge in [0.25, 0.3) is 0 Å². The molecule has 1 nitrogen and oxygen atoms in total. The minimum atomic E-state index is 0.639. The summed E-state index contributed by atoms with van der Waals surface area (Å²) in [7, 11) is 0. The molecule has 0 saturated carbocycles. The van der Waals surface area contributed by atoms with Gasteiger partial charge in [0.2, 0.25) is 0 Å². The van der Waals surface area contributed by atoms with Gasteiger partial charge in [-0.2, -0.15) is 0 Å². The highest BCUT2D eigenvalue weighted by Gasteiger charge is 2.09. The van der Waals surface area contributed by atoms with Crippen LogP contribution in [0.2, 0.25) is 5.02 Å². The quantitative estimate of drug-likeness (QED) is 0.686. The summed E-state index contributed by atoms with van der Waals surface area (Å²) in [6.07, 6.45) is 7.82. The van der Waals surface area contributed by atoms with E-state index >= 15 is 0 Å². The normalized spacial score (nSPS) is 15.9. The Morgan fingerprint density at radius 1 is 1.27 bits per heavy atom. The summed E-state index contributed by atoms with van der Waals surface area (Å²) in [4.78, 5) is 10.6. The van der Waals surface area contributed by atoms with Crippen molar-refractivity contribution >= 4 is 23.5 Å². The Morgan fingerprint density at radius 2 is 2.13 bits per heavy atom. The second-order valence-corrected chi connectivity index (χ2v) is 4.24. The van der Waals surface area contributed by atoms with E-state index in [1.165, 1.54) is 18.4 Å². The van der Waals surface area contributed by atoms with E-state index in [4.69, 9.17) is 11.6 Å². The summed E-state index contributed by atoms with van der Waals surface area (Å²) < 4.78 is 0. The highest BCUT2D eigenvalue weighted by Crippen LogP contribution is 2.31. The van der Waals surface area contributed by atoms with Crippen molar-refractivity contribution in [3.63, 3.8) is 0 Å². The van der Waals surface area contributed by atoms with Crippen molar-refractivity contribution in [2.45, 2.75) is 25.7 Å². The van der Waals surface area contributed by atoms with Crippen LogP contribution in [0.25, 0.3) is 5.57 Å². The molecule has 0 bridgehead atoms. The molecule has 0 aromatic heterocycles. The van der Waals surface area contributed by atoms with Gasteiger partial charge in [0.15, 0.2) is 0 Å². The first-order valence-corrected chi connectivity index (χ1v) is 5.63. The minimum absolute atomic E-state index is 0.639. The topological polar surface area (TPSA) is 17.1 Å². The van der Waals surface area contributed by atoms with Gasteiger partial charge in [-0.15, -0.1) is 0 Å². The smallest absolute Gasteiger partial charge is 0.150 e. The first-order valence-electron chi connectivity index (χ1n) is 5.25. The van der Waals surface area contributed by atoms with E-state index in [9.17, 15) is 4.79 Å². The van der Waals surface area contributed by atoms with Crippen LogP contribution in [-0.2, 0) is 0 Å². The summed E-state index contributed by atoms with van der Waals surface area (Å²) in [5.74, 6) is 0. The number of carbonyl (C=O) groups excluding carboxylic acids is 1. The maximum absolute atomic E-state index is 10.6. The fourth-order valence-corrected chi connectivity index (χ4v) is 2.26. The minimum Gasteiger partial charge on any atom is -0.298 e. The van der Waals surface area contributed by atoms with Crippen LogP contribution in [0.4, 0.5) is 0 Å². The molecule has 0 atom stereocenters. The summed E-state index contributed by atoms with van der Waals surface area (Å²) in [6.45, 7) is 0. The van der Waals surface area contributed by atoms with Gasteiger partial charge in [0.05, 0.1) is 0 Å². The van der Waals surface area contributed by atoms with E-state index in [1.54, 1.807) is 6.07 Å². The molecule has 2 heteroatoms. The van der Waals surface area contributed by atoms with Gasteiger partial charge in [-0.3, -0.25) is 4.79 Å². The van der Waals surface area contributed by atoms with Crippen molar-refractivity contribution in [1.29, 1.82) is 0 Å². The van der Waals surface area contributed by atoms with Gasteiger partial charge >= 0.3 is 0 Å². The molecular weight excluding hydrogens is 208 g/mol. The molecular formula is C13H13ClO. The maximum Gasteiger partial charge on any atom is 0.150 e. The molecule has 2 rings (SSSR count). The van der Waals surface area contributed by atoms with Crippen molar-refractivity contribution in [2.24, 2.45) is 0 Å². The molecule has 0 fully saturated rings. The molecule has 0 unspecified atom stereocenters. The summed E-state index contributed by atoms with van der Waals surface area (Å²) in [5, 5.41) is 0.688. The number of benzene rings is 1. The lowest BCUT2D eigenvalue weighted by Crippen LogP contribution is -1.93. The molecule has 1 aliphatic rings. The highest BCUT2D eigenvalue weighted by molar-refractivity contribution is 6.32. The van der Waals surface area contributed by atoms with Gasteiger partial charge in [-0.05, 0) is 42.9 Å². The van der Waals surface area contributed by atoms with E-state index in [0.29, 0.717) is 10.6 Å². The van der Waals surface area contributed by atoms with Crippen LogP contribution in [0.3, 0.4) is 0 Å². The van der Waals surface area contributed by atoms with Crippen molar-refractivity contribution in [3.8, 4) is 0 Å². The molecule has 1 aromatic carbocycles. The predicted molar refractivity (Wildman–Crippen MR) is 63.3 cm³/mol. The molecule has 0 radical (unpaired) electrons. The van der Waals surface area contributed by atoms with Crippen molar-refractivity contribution < 1.29 is 4.79 Å². The Hall–Kier alpha value is -1.08. The third kappa shape index (κ3) is 2.29. The molecule has 15 heavy (non-hydrogen) atoms. The molecule has 0 amide bonds. The Morgan fingerprint density at radius 3 is 2.73 bits per heavy atom. The zero-order valence-electron chi connectivity index (χ0n) is 8.50. The van der Waals surface area contributed by atoms with E-state index in [-0.39, 0.29) is 0 Å². The monoisotopic (exact) mass is 220 g/mol. The number of carbonyl (C=O) groups is 1. The third-order valence-corrected chi connectivity index (χ3v) is 3.08. The second-order valence-electron chi connectivity index (χ2n) is 3.83. The first kappa shape index (κ1) is 10.4. The summed E-state index contributed by atoms with van der Waals surface area (Å²) >= 11 is 6.14. The van der Waals surface area contributed by atoms with Gasteiger partial charge in [0.1, 0.15) is 6.29 Å². The van der Waals surface area contributed by atoms with Crippen LogP contribution in [0.1, 0.15) is 41.6 Å². The van der Waals surface area contributed by atoms with Crippen LogP contribution >= 0.6 is 11.6 Å². The van der Waals surface area contributed by atoms with E-state index in [2.05, 4.69) is 6.08 Å². The Balaban J connectivity index is 2.35. The summed E-state index contributed by atoms with van der Waals surface area (Å²) in [6, 6.07) is 5.51. The number of halogens is 1. The number of allylic oxidation sites excluding steroid dienone is 2. The van der Waals surface area contributed by atoms with Gasteiger partial charge < -0.3 is 0 Å². The largest absolute Gasteiger partial charge is 0.298 e. The SMILES string of the molecule is O=Cc1ccc(C2=CCCCC2)c(Cl)c1. The average Bonchev–Trinajstić information content (AvgIpc) is 2.30. The van der Waals surface area contributed by atoms with Crippen LogP contribution in [-0.4, -0.2) is 6.29 Å². The molecule has 78 valence electrons. The lowest BCUT2D eigenvalue weighted by molar-refractivity contribution is 0.112. The van der Waals surface area contributed by atoms with Gasteiger partial charge in [0, 0.05) is 10.6 Å². The van der Waals surface area contributed by atoms with Crippen molar-refractivity contribution in [3.05, 3.63) is 40.4 Å². The molecule has 1 aliphatic carbocycles. The summed E-state index contributed by atoms with van der Waals surface area (Å²) in [5.41, 5.74) is 3.05. The molecule has 0 spiro atoms. The number of hydrogen-bond acceptors (Lipinski definition) is 1. The Kier molecular flexibility index (Phi) is 3.22. The van der Waals surface area contributed by atoms with Crippen LogP contribution < -0.4 is 0 Å². The zero-order valence-corrected chi connectivity index (χ0v) is 9.26. The average molecular weight is 221 g/mol. The van der Waals surface area contributed by atoms with Crippen molar-refractivity contribution in [2.75, 3.05) is 0 Å². The molecule has 0 aliphatic heterocycles. The van der Waals surface area contributed by atoms with Crippen LogP contribution in [0.5, 0.6) is 0 Å². The Bertz CT molecular complexity index is 407. The number of hydrogen-bond donors (Lipinski definition) is 0. The standard InChI is InChI=1S/C13H13ClO/c14-13-8-10(9-15)6-7-12(13)11-4-2-1-3-5-11/h4,6-9H,1-3,5H2. The molecule has 0 heterocycles. The molecule has 1 aromatic rings. The third-order valence-electron chi connectivity index (χ3n) is 2.77. The Labute approximate surface area is 94.8 Å². The van der Waals surface area contributed by atoms with Gasteiger partial charge in [-0.25, -0.2) is 0 Å². The number of aldehydes is 1. The number of rotatable bonds is 2. The van der Waals surface area contributed by atoms with E-state index in [1.807, 2.05) is 12.1 Å². The maximum atomic E-state index is 10.6. The fraction of sp³-hybridized carbons (Fsp3) is 0.308. The van der Waals surface area contributed by atoms with Crippen molar-refractivity contribution in [1.82, 2.24) is 0 Å². The second kappa shape index (κ2) is 4.63. The first-order chi connectivity index (χ1) is 7.31. The lowest BCUT2D eigenvalue weighted by atomic mass is 9.93. The van der Waals surface area contributed by atoms with E-state index in [0.717, 1.165) is 24.7 Å². The zero-order chi connectivity index (χ0) is 10.7. The lowest BCUT2D eigenvalue weighted by Gasteiger charge is -2.14. The highest BCUT2D eigenvalue weighted by atomic mass is 35.5. The predicted octanol–water partition coefficient (Wildman–Crippen LogP) is 4.11. The van der Waals surface area contributed by atoms with E-state index < -0.39 is 0 Å². The molecule has 0 N–H and O–H groups in total. The molecule has 0 saturated heterocycles. The fourth-order valence-electron chi connectivity index (χ4n) is 1.95. The van der Waals surface area contributed by atoms with Crippen LogP contribution in [0, 0.1) is 0 Å².